The number of halogens is 1. The average molecular weight is 299 g/mol. The molecule has 0 saturated heterocycles. The van der Waals surface area contributed by atoms with Crippen molar-refractivity contribution in [1.29, 1.82) is 0 Å². The molecule has 0 saturated carbocycles. The van der Waals surface area contributed by atoms with E-state index in [1.165, 1.54) is 11.1 Å². The normalized spacial score (nSPS) is 12.7. The molecule has 3 heteroatoms. The van der Waals surface area contributed by atoms with E-state index in [4.69, 9.17) is 11.6 Å². The van der Waals surface area contributed by atoms with E-state index >= 15 is 0 Å². The van der Waals surface area contributed by atoms with Crippen LogP contribution in [0.2, 0.25) is 5.02 Å². The second-order valence-corrected chi connectivity index (χ2v) is 5.80. The lowest BCUT2D eigenvalue weighted by Gasteiger charge is -2.16. The number of H-pyrrole nitrogens is 1. The van der Waals surface area contributed by atoms with Crippen molar-refractivity contribution in [3.8, 4) is 0 Å². The number of rotatable bonds is 4. The maximum absolute atomic E-state index is 6.45. The van der Waals surface area contributed by atoms with Crippen molar-refractivity contribution < 1.29 is 0 Å². The molecular weight excluding hydrogens is 280 g/mol. The van der Waals surface area contributed by atoms with E-state index in [1.54, 1.807) is 0 Å². The van der Waals surface area contributed by atoms with E-state index in [1.807, 2.05) is 18.2 Å². The fourth-order valence-electron chi connectivity index (χ4n) is 2.72. The second-order valence-electron chi connectivity index (χ2n) is 5.42. The van der Waals surface area contributed by atoms with Gasteiger partial charge in [0.05, 0.1) is 5.02 Å². The van der Waals surface area contributed by atoms with E-state index in [2.05, 4.69) is 54.5 Å². The van der Waals surface area contributed by atoms with Crippen molar-refractivity contribution in [2.24, 2.45) is 0 Å². The van der Waals surface area contributed by atoms with E-state index in [9.17, 15) is 0 Å². The van der Waals surface area contributed by atoms with E-state index in [-0.39, 0.29) is 6.04 Å². The Hall–Kier alpha value is -1.77. The molecule has 0 fully saturated rings. The maximum Gasteiger partial charge on any atom is 0.0705 e. The summed E-state index contributed by atoms with van der Waals surface area (Å²) in [6.07, 6.45) is 0. The van der Waals surface area contributed by atoms with E-state index in [0.717, 1.165) is 28.2 Å². The molecule has 0 radical (unpaired) electrons. The molecular formula is C18H19ClN2. The smallest absolute Gasteiger partial charge is 0.0705 e. The van der Waals surface area contributed by atoms with Gasteiger partial charge in [0, 0.05) is 29.2 Å². The molecule has 1 heterocycles. The molecule has 0 bridgehead atoms. The molecule has 108 valence electrons. The predicted octanol–water partition coefficient (Wildman–Crippen LogP) is 4.98. The summed E-state index contributed by atoms with van der Waals surface area (Å²) in [6.45, 7) is 5.05. The molecule has 3 rings (SSSR count). The van der Waals surface area contributed by atoms with Crippen molar-refractivity contribution in [3.63, 3.8) is 0 Å². The zero-order valence-electron chi connectivity index (χ0n) is 12.3. The first-order chi connectivity index (χ1) is 10.2. The molecule has 21 heavy (non-hydrogen) atoms. The van der Waals surface area contributed by atoms with Crippen LogP contribution in [0.5, 0.6) is 0 Å². The molecule has 2 N–H and O–H groups in total. The fourth-order valence-corrected chi connectivity index (χ4v) is 3.00. The van der Waals surface area contributed by atoms with E-state index < -0.39 is 0 Å². The quantitative estimate of drug-likeness (QED) is 0.698. The van der Waals surface area contributed by atoms with Gasteiger partial charge in [-0.15, -0.1) is 0 Å². The number of fused-ring (bicyclic) bond motifs is 1. The van der Waals surface area contributed by atoms with Crippen molar-refractivity contribution in [2.45, 2.75) is 26.4 Å². The SMILES string of the molecule is Cc1ccccc1[C@H](C)NCc1[nH]c2ccccc2c1Cl. The fraction of sp³-hybridized carbons (Fsp3) is 0.222. The minimum Gasteiger partial charge on any atom is -0.356 e. The Balaban J connectivity index is 1.77. The minimum atomic E-state index is 0.286. The van der Waals surface area contributed by atoms with Crippen LogP contribution in [0.1, 0.15) is 29.8 Å². The Bertz CT molecular complexity index is 761. The van der Waals surface area contributed by atoms with Gasteiger partial charge in [0.25, 0.3) is 0 Å². The van der Waals surface area contributed by atoms with Crippen LogP contribution < -0.4 is 5.32 Å². The lowest BCUT2D eigenvalue weighted by molar-refractivity contribution is 0.567. The molecule has 2 aromatic carbocycles. The summed E-state index contributed by atoms with van der Waals surface area (Å²) in [7, 11) is 0. The Morgan fingerprint density at radius 2 is 1.81 bits per heavy atom. The van der Waals surface area contributed by atoms with Gasteiger partial charge in [-0.3, -0.25) is 0 Å². The molecule has 2 nitrogen and oxygen atoms in total. The van der Waals surface area contributed by atoms with Gasteiger partial charge >= 0.3 is 0 Å². The Morgan fingerprint density at radius 1 is 1.10 bits per heavy atom. The summed E-state index contributed by atoms with van der Waals surface area (Å²) in [4.78, 5) is 3.39. The predicted molar refractivity (Wildman–Crippen MR) is 89.7 cm³/mol. The highest BCUT2D eigenvalue weighted by molar-refractivity contribution is 6.36. The highest BCUT2D eigenvalue weighted by Gasteiger charge is 2.11. The van der Waals surface area contributed by atoms with Gasteiger partial charge in [0.1, 0.15) is 0 Å². The van der Waals surface area contributed by atoms with Gasteiger partial charge in [-0.1, -0.05) is 54.1 Å². The third-order valence-corrected chi connectivity index (χ3v) is 4.39. The monoisotopic (exact) mass is 298 g/mol. The van der Waals surface area contributed by atoms with Crippen LogP contribution in [0.3, 0.4) is 0 Å². The number of para-hydroxylation sites is 1. The third-order valence-electron chi connectivity index (χ3n) is 3.95. The van der Waals surface area contributed by atoms with Crippen LogP contribution in [0, 0.1) is 6.92 Å². The summed E-state index contributed by atoms with van der Waals surface area (Å²) in [6, 6.07) is 16.9. The number of aromatic amines is 1. The second kappa shape index (κ2) is 5.92. The first kappa shape index (κ1) is 14.2. The van der Waals surface area contributed by atoms with Gasteiger partial charge in [-0.05, 0) is 31.0 Å². The minimum absolute atomic E-state index is 0.286. The average Bonchev–Trinajstić information content (AvgIpc) is 2.82. The first-order valence-electron chi connectivity index (χ1n) is 7.21. The van der Waals surface area contributed by atoms with Crippen molar-refractivity contribution in [3.05, 3.63) is 70.4 Å². The molecule has 0 spiro atoms. The van der Waals surface area contributed by atoms with Crippen molar-refractivity contribution in [2.75, 3.05) is 0 Å². The highest BCUT2D eigenvalue weighted by Crippen LogP contribution is 2.27. The van der Waals surface area contributed by atoms with E-state index in [0.29, 0.717) is 0 Å². The molecule has 0 unspecified atom stereocenters. The third kappa shape index (κ3) is 2.82. The number of aromatic nitrogens is 1. The van der Waals surface area contributed by atoms with Gasteiger partial charge in [0.15, 0.2) is 0 Å². The number of hydrogen-bond donors (Lipinski definition) is 2. The summed E-state index contributed by atoms with van der Waals surface area (Å²) in [5.41, 5.74) is 4.76. The van der Waals surface area contributed by atoms with Crippen molar-refractivity contribution >= 4 is 22.5 Å². The van der Waals surface area contributed by atoms with Crippen LogP contribution in [-0.4, -0.2) is 4.98 Å². The Morgan fingerprint density at radius 3 is 2.57 bits per heavy atom. The van der Waals surface area contributed by atoms with Crippen molar-refractivity contribution in [1.82, 2.24) is 10.3 Å². The van der Waals surface area contributed by atoms with Gasteiger partial charge < -0.3 is 10.3 Å². The molecule has 3 aromatic rings. The first-order valence-corrected chi connectivity index (χ1v) is 7.58. The maximum atomic E-state index is 6.45. The summed E-state index contributed by atoms with van der Waals surface area (Å²) >= 11 is 6.45. The summed E-state index contributed by atoms with van der Waals surface area (Å²) in [5, 5.41) is 5.44. The molecule has 0 aliphatic rings. The molecule has 0 aliphatic carbocycles. The van der Waals surface area contributed by atoms with Crippen LogP contribution in [0.15, 0.2) is 48.5 Å². The number of hydrogen-bond acceptors (Lipinski definition) is 1. The van der Waals surface area contributed by atoms with Gasteiger partial charge in [0.2, 0.25) is 0 Å². The number of nitrogens with one attached hydrogen (secondary N) is 2. The molecule has 1 aromatic heterocycles. The lowest BCUT2D eigenvalue weighted by Crippen LogP contribution is -2.19. The lowest BCUT2D eigenvalue weighted by atomic mass is 10.0. The molecule has 0 aliphatic heterocycles. The highest BCUT2D eigenvalue weighted by atomic mass is 35.5. The summed E-state index contributed by atoms with van der Waals surface area (Å²) < 4.78 is 0. The Labute approximate surface area is 130 Å². The largest absolute Gasteiger partial charge is 0.356 e. The van der Waals surface area contributed by atoms with Crippen LogP contribution in [0.4, 0.5) is 0 Å². The van der Waals surface area contributed by atoms with Gasteiger partial charge in [-0.2, -0.15) is 0 Å². The van der Waals surface area contributed by atoms with Gasteiger partial charge in [-0.25, -0.2) is 0 Å². The zero-order chi connectivity index (χ0) is 14.8. The Kier molecular flexibility index (Phi) is 4.00. The zero-order valence-corrected chi connectivity index (χ0v) is 13.0. The van der Waals surface area contributed by atoms with Crippen LogP contribution >= 0.6 is 11.6 Å². The molecule has 1 atom stereocenters. The number of benzene rings is 2. The molecule has 0 amide bonds. The van der Waals surface area contributed by atoms with Crippen LogP contribution in [0.25, 0.3) is 10.9 Å². The topological polar surface area (TPSA) is 27.8 Å². The summed E-state index contributed by atoms with van der Waals surface area (Å²) in [5.74, 6) is 0. The number of aryl methyl sites for hydroxylation is 1. The van der Waals surface area contributed by atoms with Crippen LogP contribution in [-0.2, 0) is 6.54 Å². The standard InChI is InChI=1S/C18H19ClN2/c1-12-7-3-4-8-14(12)13(2)20-11-17-18(19)15-9-5-6-10-16(15)21-17/h3-10,13,20-21H,11H2,1-2H3/t13-/m0/s1.